The van der Waals surface area contributed by atoms with Crippen molar-refractivity contribution in [2.75, 3.05) is 19.6 Å². The van der Waals surface area contributed by atoms with Gasteiger partial charge in [0.25, 0.3) is 0 Å². The molecule has 42 heavy (non-hydrogen) atoms. The molecule has 3 fully saturated rings. The molecule has 0 bridgehead atoms. The highest BCUT2D eigenvalue weighted by Crippen LogP contribution is 2.62. The van der Waals surface area contributed by atoms with E-state index >= 15 is 0 Å². The Morgan fingerprint density at radius 1 is 1.02 bits per heavy atom. The summed E-state index contributed by atoms with van der Waals surface area (Å²) in [5.41, 5.74) is 4.94. The molecule has 1 heterocycles. The van der Waals surface area contributed by atoms with Gasteiger partial charge in [0, 0.05) is 12.5 Å². The lowest BCUT2D eigenvalue weighted by molar-refractivity contribution is 0.141. The van der Waals surface area contributed by atoms with Crippen molar-refractivity contribution in [3.8, 4) is 0 Å². The van der Waals surface area contributed by atoms with E-state index in [0.717, 1.165) is 23.7 Å². The van der Waals surface area contributed by atoms with E-state index in [9.17, 15) is 0 Å². The van der Waals surface area contributed by atoms with Crippen LogP contribution in [0.15, 0.2) is 84.1 Å². The van der Waals surface area contributed by atoms with Crippen molar-refractivity contribution in [2.24, 2.45) is 46.8 Å². The Labute approximate surface area is 259 Å². The van der Waals surface area contributed by atoms with Gasteiger partial charge in [-0.25, -0.2) is 0 Å². The highest BCUT2D eigenvalue weighted by Gasteiger charge is 2.53. The Hall–Kier alpha value is -1.86. The fraction of sp³-hybridized carbons (Fsp3) is 0.659. The molecule has 1 saturated heterocycles. The molecule has 1 heteroatoms. The predicted octanol–water partition coefficient (Wildman–Crippen LogP) is 11.1. The average Bonchev–Trinajstić information content (AvgIpc) is 3.55. The van der Waals surface area contributed by atoms with Gasteiger partial charge in [-0.05, 0) is 122 Å². The molecule has 0 radical (unpaired) electrons. The van der Waals surface area contributed by atoms with Crippen LogP contribution in [0.2, 0.25) is 0 Å². The Kier molecular flexibility index (Phi) is 11.1. The van der Waals surface area contributed by atoms with Crippen LogP contribution >= 0.6 is 0 Å². The maximum Gasteiger partial charge on any atom is 0.00560 e. The van der Waals surface area contributed by atoms with Crippen LogP contribution in [-0.4, -0.2) is 24.5 Å². The molecule has 6 aliphatic rings. The molecule has 0 aromatic rings. The van der Waals surface area contributed by atoms with Gasteiger partial charge in [-0.1, -0.05) is 121 Å². The molecule has 0 aromatic heterocycles. The molecule has 1 nitrogen and oxygen atoms in total. The van der Waals surface area contributed by atoms with Crippen molar-refractivity contribution in [1.29, 1.82) is 0 Å². The van der Waals surface area contributed by atoms with Gasteiger partial charge in [-0.15, -0.1) is 0 Å². The summed E-state index contributed by atoms with van der Waals surface area (Å²) in [5, 5.41) is 0. The molecule has 7 unspecified atom stereocenters. The van der Waals surface area contributed by atoms with E-state index in [0.29, 0.717) is 23.2 Å². The third-order valence-electron chi connectivity index (χ3n) is 11.9. The highest BCUT2D eigenvalue weighted by molar-refractivity contribution is 5.46. The zero-order valence-corrected chi connectivity index (χ0v) is 27.6. The fourth-order valence-corrected chi connectivity index (χ4v) is 9.15. The smallest absolute Gasteiger partial charge is 0.00560 e. The zero-order valence-electron chi connectivity index (χ0n) is 27.6. The van der Waals surface area contributed by atoms with Crippen molar-refractivity contribution in [1.82, 2.24) is 4.90 Å². The molecule has 0 amide bonds. The Morgan fingerprint density at radius 2 is 1.81 bits per heavy atom. The largest absolute Gasteiger partial charge is 0.303 e. The summed E-state index contributed by atoms with van der Waals surface area (Å²) in [4.78, 5) is 2.80. The molecule has 2 saturated carbocycles. The minimum atomic E-state index is 0.476. The maximum atomic E-state index is 4.54. The Morgan fingerprint density at radius 3 is 2.52 bits per heavy atom. The quantitative estimate of drug-likeness (QED) is 0.240. The lowest BCUT2D eigenvalue weighted by Crippen LogP contribution is -2.40. The summed E-state index contributed by atoms with van der Waals surface area (Å²) in [6.07, 6.45) is 40.8. The van der Waals surface area contributed by atoms with Crippen molar-refractivity contribution >= 4 is 0 Å². The van der Waals surface area contributed by atoms with E-state index < -0.39 is 0 Å². The number of piperidine rings is 1. The lowest BCUT2D eigenvalue weighted by atomic mass is 9.74. The Bertz CT molecular complexity index is 1090. The van der Waals surface area contributed by atoms with Crippen LogP contribution < -0.4 is 0 Å². The minimum absolute atomic E-state index is 0.476. The summed E-state index contributed by atoms with van der Waals surface area (Å²) in [5.74, 6) is 5.46. The number of fused-ring (bicyclic) bond motifs is 1. The fourth-order valence-electron chi connectivity index (χ4n) is 9.15. The van der Waals surface area contributed by atoms with E-state index in [1.807, 2.05) is 13.8 Å². The van der Waals surface area contributed by atoms with Gasteiger partial charge in [0.05, 0.1) is 0 Å². The SMILES string of the molecule is C=C(CCC1CCCC1CC)C1=CC2CC2(CC2CCN(CC(C3=CCCC=C3)C3C=CC=CC3C)CC2)C=C1.CC. The van der Waals surface area contributed by atoms with Crippen molar-refractivity contribution in [2.45, 2.75) is 105 Å². The van der Waals surface area contributed by atoms with E-state index in [2.05, 4.69) is 86.1 Å². The van der Waals surface area contributed by atoms with Crippen LogP contribution in [0.1, 0.15) is 105 Å². The second-order valence-corrected chi connectivity index (χ2v) is 14.4. The number of hydrogen-bond acceptors (Lipinski definition) is 1. The first-order valence-corrected chi connectivity index (χ1v) is 18.1. The topological polar surface area (TPSA) is 3.24 Å². The number of rotatable bonds is 11. The van der Waals surface area contributed by atoms with Gasteiger partial charge in [-0.3, -0.25) is 0 Å². The van der Waals surface area contributed by atoms with Gasteiger partial charge in [0.15, 0.2) is 0 Å². The van der Waals surface area contributed by atoms with E-state index in [-0.39, 0.29) is 0 Å². The molecule has 1 aliphatic heterocycles. The number of likely N-dealkylation sites (tertiary alicyclic amines) is 1. The summed E-state index contributed by atoms with van der Waals surface area (Å²) in [6.45, 7) is 17.1. The van der Waals surface area contributed by atoms with Crippen molar-refractivity contribution in [3.63, 3.8) is 0 Å². The zero-order chi connectivity index (χ0) is 29.5. The summed E-state index contributed by atoms with van der Waals surface area (Å²) in [6, 6.07) is 0. The van der Waals surface area contributed by atoms with Crippen LogP contribution in [0.4, 0.5) is 0 Å². The third-order valence-corrected chi connectivity index (χ3v) is 11.9. The van der Waals surface area contributed by atoms with Crippen molar-refractivity contribution in [3.05, 3.63) is 84.1 Å². The molecule has 0 aromatic carbocycles. The second kappa shape index (κ2) is 14.7. The summed E-state index contributed by atoms with van der Waals surface area (Å²) < 4.78 is 0. The van der Waals surface area contributed by atoms with Crippen LogP contribution in [-0.2, 0) is 0 Å². The average molecular weight is 568 g/mol. The molecule has 5 aliphatic carbocycles. The number of hydrogen-bond donors (Lipinski definition) is 0. The lowest BCUT2D eigenvalue weighted by Gasteiger charge is -2.39. The first-order valence-electron chi connectivity index (χ1n) is 18.1. The normalized spacial score (nSPS) is 34.7. The Balaban J connectivity index is 0.00000173. The first kappa shape index (κ1) is 31.6. The van der Waals surface area contributed by atoms with Gasteiger partial charge >= 0.3 is 0 Å². The highest BCUT2D eigenvalue weighted by atomic mass is 15.1. The van der Waals surface area contributed by atoms with E-state index in [1.54, 1.807) is 5.57 Å². The molecule has 230 valence electrons. The molecule has 0 spiro atoms. The van der Waals surface area contributed by atoms with Crippen LogP contribution in [0.3, 0.4) is 0 Å². The summed E-state index contributed by atoms with van der Waals surface area (Å²) >= 11 is 0. The van der Waals surface area contributed by atoms with E-state index in [4.69, 9.17) is 0 Å². The van der Waals surface area contributed by atoms with Crippen molar-refractivity contribution < 1.29 is 0 Å². The molecule has 7 atom stereocenters. The standard InChI is InChI=1S/C39H55N.C2H6/c1-4-32-14-10-15-33(32)18-17-29(2)35-19-22-39(27-36(39)25-35)26-31-20-23-40(24-21-31)28-38(34-12-6-5-7-13-34)37-16-9-8-11-30(37)3;1-2/h6,8-9,11-13,16,19,22,25,30-33,36-38H,2,4-5,7,10,14-15,17-18,20-21,23-24,26-28H2,1,3H3;1-2H3. The summed E-state index contributed by atoms with van der Waals surface area (Å²) in [7, 11) is 0. The number of allylic oxidation sites excluding steroid dienone is 12. The molecule has 0 N–H and O–H groups in total. The van der Waals surface area contributed by atoms with Gasteiger partial charge in [-0.2, -0.15) is 0 Å². The molecular weight excluding hydrogens is 506 g/mol. The maximum absolute atomic E-state index is 4.54. The third kappa shape index (κ3) is 7.43. The van der Waals surface area contributed by atoms with Crippen LogP contribution in [0.5, 0.6) is 0 Å². The van der Waals surface area contributed by atoms with Gasteiger partial charge < -0.3 is 4.90 Å². The second-order valence-electron chi connectivity index (χ2n) is 14.4. The predicted molar refractivity (Wildman–Crippen MR) is 183 cm³/mol. The molecular formula is C41H61N. The van der Waals surface area contributed by atoms with Crippen LogP contribution in [0, 0.1) is 46.8 Å². The monoisotopic (exact) mass is 567 g/mol. The van der Waals surface area contributed by atoms with Crippen LogP contribution in [0.25, 0.3) is 0 Å². The van der Waals surface area contributed by atoms with E-state index in [1.165, 1.54) is 108 Å². The first-order chi connectivity index (χ1) is 20.5. The number of nitrogens with zero attached hydrogens (tertiary/aromatic N) is 1. The minimum Gasteiger partial charge on any atom is -0.303 e. The molecule has 6 rings (SSSR count). The van der Waals surface area contributed by atoms with Gasteiger partial charge in [0.1, 0.15) is 0 Å². The van der Waals surface area contributed by atoms with Gasteiger partial charge in [0.2, 0.25) is 0 Å².